The average molecular weight is 281 g/mol. The van der Waals surface area contributed by atoms with Gasteiger partial charge >= 0.3 is 0 Å². The minimum Gasteiger partial charge on any atom is -0.310 e. The maximum absolute atomic E-state index is 13.5. The molecule has 1 unspecified atom stereocenters. The van der Waals surface area contributed by atoms with Crippen LogP contribution in [0.3, 0.4) is 0 Å². The quantitative estimate of drug-likeness (QED) is 0.825. The highest BCUT2D eigenvalue weighted by molar-refractivity contribution is 5.28. The van der Waals surface area contributed by atoms with Gasteiger partial charge in [-0.25, -0.2) is 8.78 Å². The molecule has 1 aliphatic carbocycles. The van der Waals surface area contributed by atoms with Crippen molar-refractivity contribution in [3.05, 3.63) is 35.4 Å². The lowest BCUT2D eigenvalue weighted by Crippen LogP contribution is -2.26. The molecular weight excluding hydrogens is 256 g/mol. The Morgan fingerprint density at radius 3 is 1.95 bits per heavy atom. The molecule has 0 aliphatic heterocycles. The largest absolute Gasteiger partial charge is 0.310 e. The van der Waals surface area contributed by atoms with Crippen LogP contribution < -0.4 is 5.32 Å². The van der Waals surface area contributed by atoms with E-state index >= 15 is 0 Å². The molecule has 0 spiro atoms. The lowest BCUT2D eigenvalue weighted by Gasteiger charge is -2.21. The molecule has 3 heteroatoms. The van der Waals surface area contributed by atoms with E-state index in [1.807, 2.05) is 0 Å². The van der Waals surface area contributed by atoms with Gasteiger partial charge in [-0.15, -0.1) is 0 Å². The normalized spacial score (nSPS) is 21.8. The Balaban J connectivity index is 2.34. The number of nitrogens with one attached hydrogen (secondary N) is 1. The molecular formula is C17H25F2N. The predicted molar refractivity (Wildman–Crippen MR) is 78.4 cm³/mol. The number of hydrogen-bond acceptors (Lipinski definition) is 1. The molecule has 1 aromatic carbocycles. The topological polar surface area (TPSA) is 12.0 Å². The Morgan fingerprint density at radius 2 is 1.55 bits per heavy atom. The van der Waals surface area contributed by atoms with Gasteiger partial charge < -0.3 is 5.32 Å². The minimum absolute atomic E-state index is 0.00477. The van der Waals surface area contributed by atoms with Gasteiger partial charge in [-0.2, -0.15) is 0 Å². The fourth-order valence-corrected chi connectivity index (χ4v) is 3.56. The average Bonchev–Trinajstić information content (AvgIpc) is 2.71. The third-order valence-electron chi connectivity index (χ3n) is 5.32. The van der Waals surface area contributed by atoms with Crippen LogP contribution in [0, 0.1) is 28.4 Å². The third kappa shape index (κ3) is 2.48. The van der Waals surface area contributed by atoms with E-state index in [1.54, 1.807) is 0 Å². The third-order valence-corrected chi connectivity index (χ3v) is 5.32. The highest BCUT2D eigenvalue weighted by Gasteiger charge is 2.67. The summed E-state index contributed by atoms with van der Waals surface area (Å²) >= 11 is 0. The number of halogens is 2. The van der Waals surface area contributed by atoms with Gasteiger partial charge in [-0.1, -0.05) is 34.6 Å². The minimum atomic E-state index is -0.500. The summed E-state index contributed by atoms with van der Waals surface area (Å²) in [5, 5.41) is 3.48. The van der Waals surface area contributed by atoms with E-state index in [-0.39, 0.29) is 16.9 Å². The van der Waals surface area contributed by atoms with Crippen LogP contribution in [0.4, 0.5) is 8.78 Å². The molecule has 2 rings (SSSR count). The SMILES string of the molecule is CCCNC(c1cc(F)cc(F)c1)C1C(C)(C)C1(C)C. The van der Waals surface area contributed by atoms with Crippen LogP contribution in [-0.4, -0.2) is 6.54 Å². The van der Waals surface area contributed by atoms with Gasteiger partial charge in [-0.3, -0.25) is 0 Å². The van der Waals surface area contributed by atoms with Crippen molar-refractivity contribution in [3.63, 3.8) is 0 Å². The molecule has 0 saturated heterocycles. The van der Waals surface area contributed by atoms with Crippen molar-refractivity contribution in [2.24, 2.45) is 16.7 Å². The zero-order chi connectivity index (χ0) is 15.1. The standard InChI is InChI=1S/C17H25F2N/c1-6-7-20-14(15-16(2,3)17(15,4)5)11-8-12(18)10-13(19)9-11/h8-10,14-15,20H,6-7H2,1-5H3. The highest BCUT2D eigenvalue weighted by atomic mass is 19.1. The molecule has 1 N–H and O–H groups in total. The van der Waals surface area contributed by atoms with Gasteiger partial charge in [0, 0.05) is 12.1 Å². The first-order valence-corrected chi connectivity index (χ1v) is 7.41. The van der Waals surface area contributed by atoms with Gasteiger partial charge in [0.15, 0.2) is 0 Å². The summed E-state index contributed by atoms with van der Waals surface area (Å²) in [6, 6.07) is 3.86. The maximum Gasteiger partial charge on any atom is 0.126 e. The molecule has 0 bridgehead atoms. The van der Waals surface area contributed by atoms with Crippen LogP contribution in [0.25, 0.3) is 0 Å². The molecule has 0 aromatic heterocycles. The number of rotatable bonds is 5. The van der Waals surface area contributed by atoms with E-state index in [1.165, 1.54) is 12.1 Å². The molecule has 0 radical (unpaired) electrons. The second-order valence-corrected chi connectivity index (χ2v) is 7.06. The van der Waals surface area contributed by atoms with E-state index in [2.05, 4.69) is 39.9 Å². The zero-order valence-electron chi connectivity index (χ0n) is 13.1. The van der Waals surface area contributed by atoms with Crippen molar-refractivity contribution in [2.45, 2.75) is 47.1 Å². The summed E-state index contributed by atoms with van der Waals surface area (Å²) in [6.07, 6.45) is 1.00. The summed E-state index contributed by atoms with van der Waals surface area (Å²) in [6.45, 7) is 11.9. The maximum atomic E-state index is 13.5. The van der Waals surface area contributed by atoms with Gasteiger partial charge in [0.2, 0.25) is 0 Å². The Labute approximate surface area is 120 Å². The predicted octanol–water partition coefficient (Wildman–Crippen LogP) is 4.69. The Kier molecular flexibility index (Phi) is 3.94. The summed E-state index contributed by atoms with van der Waals surface area (Å²) in [7, 11) is 0. The second-order valence-electron chi connectivity index (χ2n) is 7.06. The molecule has 1 saturated carbocycles. The Morgan fingerprint density at radius 1 is 1.05 bits per heavy atom. The monoisotopic (exact) mass is 281 g/mol. The fourth-order valence-electron chi connectivity index (χ4n) is 3.56. The van der Waals surface area contributed by atoms with E-state index in [0.717, 1.165) is 24.6 Å². The lowest BCUT2D eigenvalue weighted by atomic mass is 9.96. The lowest BCUT2D eigenvalue weighted by molar-refractivity contribution is 0.406. The van der Waals surface area contributed by atoms with Crippen LogP contribution >= 0.6 is 0 Å². The van der Waals surface area contributed by atoms with Crippen molar-refractivity contribution in [1.82, 2.24) is 5.32 Å². The van der Waals surface area contributed by atoms with Crippen molar-refractivity contribution >= 4 is 0 Å². The van der Waals surface area contributed by atoms with E-state index in [0.29, 0.717) is 5.92 Å². The summed E-state index contributed by atoms with van der Waals surface area (Å²) in [5.74, 6) is -0.623. The van der Waals surface area contributed by atoms with Gasteiger partial charge in [0.1, 0.15) is 11.6 Å². The summed E-state index contributed by atoms with van der Waals surface area (Å²) in [4.78, 5) is 0. The smallest absolute Gasteiger partial charge is 0.126 e. The highest BCUT2D eigenvalue weighted by Crippen LogP contribution is 2.72. The summed E-state index contributed by atoms with van der Waals surface area (Å²) in [5.41, 5.74) is 1.06. The van der Waals surface area contributed by atoms with Crippen LogP contribution in [0.15, 0.2) is 18.2 Å². The second kappa shape index (κ2) is 5.10. The molecule has 112 valence electrons. The van der Waals surface area contributed by atoms with E-state index < -0.39 is 11.6 Å². The molecule has 0 amide bonds. The van der Waals surface area contributed by atoms with Crippen LogP contribution in [-0.2, 0) is 0 Å². The zero-order valence-corrected chi connectivity index (χ0v) is 13.1. The van der Waals surface area contributed by atoms with Crippen LogP contribution in [0.1, 0.15) is 52.6 Å². The van der Waals surface area contributed by atoms with E-state index in [4.69, 9.17) is 0 Å². The van der Waals surface area contributed by atoms with Crippen molar-refractivity contribution in [1.29, 1.82) is 0 Å². The first-order chi connectivity index (χ1) is 9.21. The first kappa shape index (κ1) is 15.4. The summed E-state index contributed by atoms with van der Waals surface area (Å²) < 4.78 is 27.0. The first-order valence-electron chi connectivity index (χ1n) is 7.41. The molecule has 1 nitrogen and oxygen atoms in total. The Hall–Kier alpha value is -0.960. The molecule has 1 aliphatic rings. The molecule has 0 heterocycles. The fraction of sp³-hybridized carbons (Fsp3) is 0.647. The Bertz CT molecular complexity index is 460. The van der Waals surface area contributed by atoms with Crippen molar-refractivity contribution in [3.8, 4) is 0 Å². The molecule has 1 fully saturated rings. The van der Waals surface area contributed by atoms with Crippen LogP contribution in [0.2, 0.25) is 0 Å². The van der Waals surface area contributed by atoms with Crippen molar-refractivity contribution < 1.29 is 8.78 Å². The van der Waals surface area contributed by atoms with Gasteiger partial charge in [-0.05, 0) is 47.4 Å². The van der Waals surface area contributed by atoms with Crippen molar-refractivity contribution in [2.75, 3.05) is 6.54 Å². The van der Waals surface area contributed by atoms with Crippen LogP contribution in [0.5, 0.6) is 0 Å². The molecule has 1 atom stereocenters. The molecule has 1 aromatic rings. The van der Waals surface area contributed by atoms with Gasteiger partial charge in [0.05, 0.1) is 0 Å². The molecule has 20 heavy (non-hydrogen) atoms. The van der Waals surface area contributed by atoms with Gasteiger partial charge in [0.25, 0.3) is 0 Å². The number of benzene rings is 1. The number of hydrogen-bond donors (Lipinski definition) is 1. The van der Waals surface area contributed by atoms with E-state index in [9.17, 15) is 8.78 Å².